The van der Waals surface area contributed by atoms with E-state index < -0.39 is 12.2 Å². The number of halogens is 2. The number of benzene rings is 1. The molecule has 1 aromatic heterocycles. The van der Waals surface area contributed by atoms with Crippen LogP contribution in [-0.2, 0) is 29.2 Å². The van der Waals surface area contributed by atoms with Gasteiger partial charge in [-0.05, 0) is 12.1 Å². The Kier molecular flexibility index (Phi) is 6.64. The predicted octanol–water partition coefficient (Wildman–Crippen LogP) is 4.28. The molecule has 3 rings (SSSR count). The number of hydrogen-bond donors (Lipinski definition) is 2. The second-order valence-corrected chi connectivity index (χ2v) is 7.79. The van der Waals surface area contributed by atoms with Gasteiger partial charge < -0.3 is 24.7 Å². The molecule has 0 aliphatic carbocycles. The third-order valence-corrected chi connectivity index (χ3v) is 6.14. The van der Waals surface area contributed by atoms with E-state index in [-0.39, 0.29) is 13.2 Å². The molecular weight excluding hydrogens is 425 g/mol. The topological polar surface area (TPSA) is 81.6 Å². The van der Waals surface area contributed by atoms with Crippen LogP contribution in [0.4, 0.5) is 9.59 Å². The van der Waals surface area contributed by atoms with Crippen LogP contribution in [0.1, 0.15) is 11.1 Å². The zero-order valence-electron chi connectivity index (χ0n) is 15.3. The first kappa shape index (κ1) is 20.7. The Labute approximate surface area is 176 Å². The number of ether oxygens (including phenoxy) is 2. The highest BCUT2D eigenvalue weighted by atomic mass is 35.5. The van der Waals surface area contributed by atoms with E-state index in [1.807, 2.05) is 6.07 Å². The minimum atomic E-state index is -0.544. The summed E-state index contributed by atoms with van der Waals surface area (Å²) >= 11 is 14.0. The number of rotatable bonds is 5. The molecule has 150 valence electrons. The fraction of sp³-hybridized carbons (Fsp3) is 0.333. The third-order valence-electron chi connectivity index (χ3n) is 4.27. The molecule has 7 nitrogen and oxygen atoms in total. The average Bonchev–Trinajstić information content (AvgIpc) is 3.26. The normalized spacial score (nSPS) is 12.4. The van der Waals surface area contributed by atoms with E-state index in [4.69, 9.17) is 32.7 Å². The molecule has 2 heterocycles. The number of carbonyl (C=O) groups is 2. The third kappa shape index (κ3) is 4.19. The Morgan fingerprint density at radius 3 is 2.32 bits per heavy atom. The summed E-state index contributed by atoms with van der Waals surface area (Å²) in [5.41, 5.74) is 3.31. The number of amides is 2. The molecule has 0 radical (unpaired) electrons. The van der Waals surface area contributed by atoms with Crippen molar-refractivity contribution in [3.05, 3.63) is 39.4 Å². The fourth-order valence-electron chi connectivity index (χ4n) is 3.01. The van der Waals surface area contributed by atoms with Crippen LogP contribution in [0.5, 0.6) is 0 Å². The van der Waals surface area contributed by atoms with Gasteiger partial charge in [0.05, 0.1) is 20.8 Å². The van der Waals surface area contributed by atoms with Crippen molar-refractivity contribution < 1.29 is 19.1 Å². The number of aromatic nitrogens is 1. The highest BCUT2D eigenvalue weighted by Gasteiger charge is 2.29. The number of hydrogen-bond acceptors (Lipinski definition) is 5. The summed E-state index contributed by atoms with van der Waals surface area (Å²) < 4.78 is 12.7. The predicted molar refractivity (Wildman–Crippen MR) is 109 cm³/mol. The summed E-state index contributed by atoms with van der Waals surface area (Å²) in [4.78, 5) is 23.2. The molecule has 0 saturated carbocycles. The molecule has 10 heteroatoms. The lowest BCUT2D eigenvalue weighted by Crippen LogP contribution is -2.20. The van der Waals surface area contributed by atoms with Crippen molar-refractivity contribution >= 4 is 47.2 Å². The molecule has 0 saturated heterocycles. The monoisotopic (exact) mass is 443 g/mol. The number of thioether (sulfide) groups is 1. The zero-order chi connectivity index (χ0) is 20.3. The number of carbonyl (C=O) groups excluding carboxylic acids is 2. The second-order valence-electron chi connectivity index (χ2n) is 5.89. The standard InChI is InChI=1S/C18H19Cl2N3O4S/c1-21-17(24)26-8-11-12(9-27-18(25)22-2)16-23(5-6-28-16)15(11)10-3-4-13(19)14(20)7-10/h3-4,7H,5-6,8-9H2,1-2H3,(H,21,24)(H,22,25). The Bertz CT molecular complexity index is 917. The van der Waals surface area contributed by atoms with Gasteiger partial charge in [-0.2, -0.15) is 0 Å². The highest BCUT2D eigenvalue weighted by Crippen LogP contribution is 2.42. The Morgan fingerprint density at radius 2 is 1.71 bits per heavy atom. The van der Waals surface area contributed by atoms with Crippen molar-refractivity contribution in [2.75, 3.05) is 19.8 Å². The van der Waals surface area contributed by atoms with Crippen molar-refractivity contribution in [3.8, 4) is 11.3 Å². The maximum Gasteiger partial charge on any atom is 0.407 e. The van der Waals surface area contributed by atoms with Gasteiger partial charge in [-0.25, -0.2) is 9.59 Å². The summed E-state index contributed by atoms with van der Waals surface area (Å²) in [6.07, 6.45) is -1.07. The van der Waals surface area contributed by atoms with Crippen LogP contribution in [-0.4, -0.2) is 36.6 Å². The lowest BCUT2D eigenvalue weighted by atomic mass is 10.1. The first-order valence-electron chi connectivity index (χ1n) is 8.47. The maximum absolute atomic E-state index is 11.7. The summed E-state index contributed by atoms with van der Waals surface area (Å²) in [7, 11) is 2.99. The van der Waals surface area contributed by atoms with Crippen molar-refractivity contribution in [2.45, 2.75) is 24.8 Å². The molecule has 2 aromatic rings. The van der Waals surface area contributed by atoms with Crippen molar-refractivity contribution in [1.29, 1.82) is 0 Å². The van der Waals surface area contributed by atoms with Crippen molar-refractivity contribution in [2.24, 2.45) is 0 Å². The Hall–Kier alpha value is -2.03. The molecule has 1 aliphatic rings. The van der Waals surface area contributed by atoms with Crippen LogP contribution < -0.4 is 10.6 Å². The quantitative estimate of drug-likeness (QED) is 0.720. The van der Waals surface area contributed by atoms with Gasteiger partial charge in [0, 0.05) is 43.1 Å². The van der Waals surface area contributed by atoms with Crippen LogP contribution in [0.25, 0.3) is 11.3 Å². The molecule has 2 N–H and O–H groups in total. The van der Waals surface area contributed by atoms with E-state index in [9.17, 15) is 9.59 Å². The number of fused-ring (bicyclic) bond motifs is 1. The van der Waals surface area contributed by atoms with Gasteiger partial charge >= 0.3 is 12.2 Å². The maximum atomic E-state index is 11.7. The van der Waals surface area contributed by atoms with Crippen LogP contribution in [0.15, 0.2) is 23.2 Å². The molecule has 2 amide bonds. The summed E-state index contributed by atoms with van der Waals surface area (Å²) in [5, 5.41) is 6.74. The van der Waals surface area contributed by atoms with Gasteiger partial charge in [0.25, 0.3) is 0 Å². The molecule has 1 aromatic carbocycles. The summed E-state index contributed by atoms with van der Waals surface area (Å²) in [5.74, 6) is 0.896. The number of nitrogens with one attached hydrogen (secondary N) is 2. The SMILES string of the molecule is CNC(=O)OCc1c(COC(=O)NC)c(-c2ccc(Cl)c(Cl)c2)n2c1SCC2. The van der Waals surface area contributed by atoms with Gasteiger partial charge in [-0.3, -0.25) is 0 Å². The van der Waals surface area contributed by atoms with E-state index in [0.717, 1.165) is 39.7 Å². The van der Waals surface area contributed by atoms with Crippen molar-refractivity contribution in [1.82, 2.24) is 15.2 Å². The summed E-state index contributed by atoms with van der Waals surface area (Å²) in [6, 6.07) is 5.38. The van der Waals surface area contributed by atoms with E-state index in [1.54, 1.807) is 23.9 Å². The average molecular weight is 444 g/mol. The molecule has 0 unspecified atom stereocenters. The minimum absolute atomic E-state index is 0.0300. The summed E-state index contributed by atoms with van der Waals surface area (Å²) in [6.45, 7) is 0.876. The molecule has 0 spiro atoms. The van der Waals surface area contributed by atoms with E-state index in [2.05, 4.69) is 15.2 Å². The molecule has 0 atom stereocenters. The number of alkyl carbamates (subject to hydrolysis) is 2. The second kappa shape index (κ2) is 8.98. The van der Waals surface area contributed by atoms with Crippen LogP contribution in [0, 0.1) is 0 Å². The van der Waals surface area contributed by atoms with Crippen molar-refractivity contribution in [3.63, 3.8) is 0 Å². The van der Waals surface area contributed by atoms with Gasteiger partial charge in [0.15, 0.2) is 0 Å². The molecule has 0 bridgehead atoms. The van der Waals surface area contributed by atoms with Gasteiger partial charge in [0.2, 0.25) is 0 Å². The lowest BCUT2D eigenvalue weighted by molar-refractivity contribution is 0.133. The van der Waals surface area contributed by atoms with Crippen LogP contribution in [0.3, 0.4) is 0 Å². The molecular formula is C18H19Cl2N3O4S. The number of nitrogens with zero attached hydrogens (tertiary/aromatic N) is 1. The van der Waals surface area contributed by atoms with Crippen LogP contribution >= 0.6 is 35.0 Å². The molecule has 28 heavy (non-hydrogen) atoms. The van der Waals surface area contributed by atoms with Gasteiger partial charge in [-0.1, -0.05) is 29.3 Å². The lowest BCUT2D eigenvalue weighted by Gasteiger charge is -2.12. The van der Waals surface area contributed by atoms with Gasteiger partial charge in [-0.15, -0.1) is 11.8 Å². The highest BCUT2D eigenvalue weighted by molar-refractivity contribution is 7.99. The first-order valence-corrected chi connectivity index (χ1v) is 10.2. The molecule has 1 aliphatic heterocycles. The van der Waals surface area contributed by atoms with E-state index >= 15 is 0 Å². The van der Waals surface area contributed by atoms with E-state index in [0.29, 0.717) is 10.0 Å². The Balaban J connectivity index is 2.09. The van der Waals surface area contributed by atoms with Gasteiger partial charge in [0.1, 0.15) is 13.2 Å². The van der Waals surface area contributed by atoms with E-state index in [1.165, 1.54) is 14.1 Å². The first-order chi connectivity index (χ1) is 13.5. The Morgan fingerprint density at radius 1 is 1.07 bits per heavy atom. The zero-order valence-corrected chi connectivity index (χ0v) is 17.6. The fourth-order valence-corrected chi connectivity index (χ4v) is 4.47. The largest absolute Gasteiger partial charge is 0.445 e. The molecule has 0 fully saturated rings. The minimum Gasteiger partial charge on any atom is -0.445 e. The smallest absolute Gasteiger partial charge is 0.407 e. The van der Waals surface area contributed by atoms with Crippen LogP contribution in [0.2, 0.25) is 10.0 Å².